The minimum atomic E-state index is -0.378. The molecular weight excluding hydrogens is 375 g/mol. The Labute approximate surface area is 160 Å². The molecule has 0 saturated heterocycles. The Morgan fingerprint density at radius 3 is 1.62 bits per heavy atom. The topological polar surface area (TPSA) is 82.9 Å². The van der Waals surface area contributed by atoms with Crippen LogP contribution in [0, 0.1) is 0 Å². The first kappa shape index (κ1) is 19.6. The summed E-state index contributed by atoms with van der Waals surface area (Å²) < 4.78 is 0. The summed E-state index contributed by atoms with van der Waals surface area (Å²) in [4.78, 5) is 23.3. The quantitative estimate of drug-likeness (QED) is 0.560. The maximum absolute atomic E-state index is 11.7. The van der Waals surface area contributed by atoms with E-state index in [0.29, 0.717) is 10.0 Å². The lowest BCUT2D eigenvalue weighted by Gasteiger charge is -2.00. The summed E-state index contributed by atoms with van der Waals surface area (Å²) in [6, 6.07) is 14.1. The van der Waals surface area contributed by atoms with Crippen molar-refractivity contribution in [2.24, 2.45) is 10.2 Å². The highest BCUT2D eigenvalue weighted by Crippen LogP contribution is 2.09. The van der Waals surface area contributed by atoms with Crippen molar-refractivity contribution in [3.63, 3.8) is 0 Å². The van der Waals surface area contributed by atoms with Crippen molar-refractivity contribution < 1.29 is 9.59 Å². The van der Waals surface area contributed by atoms with Crippen molar-refractivity contribution in [1.82, 2.24) is 10.9 Å². The van der Waals surface area contributed by atoms with Crippen LogP contribution in [-0.2, 0) is 9.59 Å². The zero-order valence-corrected chi connectivity index (χ0v) is 15.2. The van der Waals surface area contributed by atoms with Crippen molar-refractivity contribution in [2.45, 2.75) is 12.8 Å². The Balaban J connectivity index is 1.69. The molecule has 0 aromatic heterocycles. The van der Waals surface area contributed by atoms with Crippen molar-refractivity contribution >= 4 is 47.4 Å². The van der Waals surface area contributed by atoms with Gasteiger partial charge in [-0.05, 0) is 35.4 Å². The van der Waals surface area contributed by atoms with Gasteiger partial charge in [0.1, 0.15) is 0 Å². The summed E-state index contributed by atoms with van der Waals surface area (Å²) >= 11 is 11.7. The van der Waals surface area contributed by atoms with Gasteiger partial charge in [0.05, 0.1) is 12.4 Å². The maximum Gasteiger partial charge on any atom is 0.240 e. The molecular formula is C18H16Cl2N4O2. The molecule has 0 bridgehead atoms. The number of benzene rings is 2. The molecule has 2 rings (SSSR count). The van der Waals surface area contributed by atoms with E-state index >= 15 is 0 Å². The third-order valence-corrected chi connectivity index (χ3v) is 3.55. The number of rotatable bonds is 7. The number of hydrogen-bond donors (Lipinski definition) is 2. The van der Waals surface area contributed by atoms with Gasteiger partial charge in [-0.1, -0.05) is 47.5 Å². The number of carbonyl (C=O) groups is 2. The van der Waals surface area contributed by atoms with Gasteiger partial charge < -0.3 is 0 Å². The van der Waals surface area contributed by atoms with Crippen molar-refractivity contribution in [2.75, 3.05) is 0 Å². The zero-order chi connectivity index (χ0) is 18.8. The van der Waals surface area contributed by atoms with Crippen LogP contribution < -0.4 is 10.9 Å². The van der Waals surface area contributed by atoms with Crippen molar-refractivity contribution in [3.05, 3.63) is 69.7 Å². The largest absolute Gasteiger partial charge is 0.273 e. The third-order valence-electron chi connectivity index (χ3n) is 3.08. The van der Waals surface area contributed by atoms with Gasteiger partial charge in [0, 0.05) is 22.9 Å². The van der Waals surface area contributed by atoms with Crippen LogP contribution in [0.4, 0.5) is 0 Å². The van der Waals surface area contributed by atoms with Crippen molar-refractivity contribution in [3.8, 4) is 0 Å². The predicted octanol–water partition coefficient (Wildman–Crippen LogP) is 3.37. The van der Waals surface area contributed by atoms with Crippen LogP contribution >= 0.6 is 23.2 Å². The second kappa shape index (κ2) is 10.3. The average Bonchev–Trinajstić information content (AvgIpc) is 2.60. The molecule has 8 heteroatoms. The van der Waals surface area contributed by atoms with E-state index in [0.717, 1.165) is 11.1 Å². The average molecular weight is 391 g/mol. The van der Waals surface area contributed by atoms with E-state index in [1.807, 2.05) is 0 Å². The second-order valence-corrected chi connectivity index (χ2v) is 6.07. The SMILES string of the molecule is O=C(CCC(=O)N/N=C/c1cccc(Cl)c1)N/N=C/c1cccc(Cl)c1. The summed E-state index contributed by atoms with van der Waals surface area (Å²) in [6.07, 6.45) is 2.93. The molecule has 0 atom stereocenters. The molecule has 2 amide bonds. The Kier molecular flexibility index (Phi) is 7.79. The minimum absolute atomic E-state index is 0.00853. The molecule has 0 saturated carbocycles. The third kappa shape index (κ3) is 7.46. The van der Waals surface area contributed by atoms with Crippen molar-refractivity contribution in [1.29, 1.82) is 0 Å². The second-order valence-electron chi connectivity index (χ2n) is 5.20. The fraction of sp³-hybridized carbons (Fsp3) is 0.111. The summed E-state index contributed by atoms with van der Waals surface area (Å²) in [5, 5.41) is 8.79. The van der Waals surface area contributed by atoms with Gasteiger partial charge in [-0.2, -0.15) is 10.2 Å². The Morgan fingerprint density at radius 2 is 1.23 bits per heavy atom. The number of halogens is 2. The fourth-order valence-corrected chi connectivity index (χ4v) is 2.27. The highest BCUT2D eigenvalue weighted by Gasteiger charge is 2.05. The normalized spacial score (nSPS) is 11.0. The van der Waals surface area contributed by atoms with Crippen LogP contribution in [-0.4, -0.2) is 24.2 Å². The lowest BCUT2D eigenvalue weighted by atomic mass is 10.2. The van der Waals surface area contributed by atoms with E-state index in [2.05, 4.69) is 21.1 Å². The lowest BCUT2D eigenvalue weighted by Crippen LogP contribution is -2.22. The molecule has 0 aliphatic rings. The van der Waals surface area contributed by atoms with Crippen LogP contribution in [0.1, 0.15) is 24.0 Å². The molecule has 2 aromatic rings. The van der Waals surface area contributed by atoms with Crippen LogP contribution in [0.15, 0.2) is 58.7 Å². The van der Waals surface area contributed by atoms with E-state index in [1.165, 1.54) is 12.4 Å². The molecule has 0 unspecified atom stereocenters. The number of nitrogens with one attached hydrogen (secondary N) is 2. The molecule has 0 aliphatic heterocycles. The van der Waals surface area contributed by atoms with Gasteiger partial charge in [0.25, 0.3) is 0 Å². The predicted molar refractivity (Wildman–Crippen MR) is 104 cm³/mol. The molecule has 0 fully saturated rings. The molecule has 0 heterocycles. The molecule has 2 aromatic carbocycles. The first-order chi connectivity index (χ1) is 12.5. The Bertz CT molecular complexity index is 768. The van der Waals surface area contributed by atoms with Crippen LogP contribution in [0.25, 0.3) is 0 Å². The summed E-state index contributed by atoms with van der Waals surface area (Å²) in [5.41, 5.74) is 6.21. The smallest absolute Gasteiger partial charge is 0.240 e. The summed E-state index contributed by atoms with van der Waals surface area (Å²) in [5.74, 6) is -0.755. The van der Waals surface area contributed by atoms with E-state index in [4.69, 9.17) is 23.2 Å². The molecule has 0 spiro atoms. The molecule has 2 N–H and O–H groups in total. The van der Waals surface area contributed by atoms with Gasteiger partial charge in [-0.15, -0.1) is 0 Å². The number of carbonyl (C=O) groups excluding carboxylic acids is 2. The highest BCUT2D eigenvalue weighted by molar-refractivity contribution is 6.31. The zero-order valence-electron chi connectivity index (χ0n) is 13.7. The summed E-state index contributed by atoms with van der Waals surface area (Å²) in [6.45, 7) is 0. The number of nitrogens with zero attached hydrogens (tertiary/aromatic N) is 2. The maximum atomic E-state index is 11.7. The standard InChI is InChI=1S/C18H16Cl2N4O2/c19-15-5-1-3-13(9-15)11-21-23-17(25)7-8-18(26)24-22-12-14-4-2-6-16(20)10-14/h1-6,9-12H,7-8H2,(H,23,25)(H,24,26)/b21-11+,22-12+. The molecule has 0 aliphatic carbocycles. The Hall–Kier alpha value is -2.70. The van der Waals surface area contributed by atoms with Gasteiger partial charge in [0.2, 0.25) is 11.8 Å². The number of hydrazone groups is 2. The fourth-order valence-electron chi connectivity index (χ4n) is 1.87. The van der Waals surface area contributed by atoms with Crippen LogP contribution in [0.2, 0.25) is 10.0 Å². The first-order valence-corrected chi connectivity index (χ1v) is 8.43. The first-order valence-electron chi connectivity index (χ1n) is 7.68. The van der Waals surface area contributed by atoms with Crippen LogP contribution in [0.5, 0.6) is 0 Å². The van der Waals surface area contributed by atoms with E-state index < -0.39 is 0 Å². The monoisotopic (exact) mass is 390 g/mol. The molecule has 134 valence electrons. The van der Waals surface area contributed by atoms with Gasteiger partial charge in [0.15, 0.2) is 0 Å². The molecule has 6 nitrogen and oxygen atoms in total. The Morgan fingerprint density at radius 1 is 0.808 bits per heavy atom. The van der Waals surface area contributed by atoms with Gasteiger partial charge in [-0.3, -0.25) is 9.59 Å². The van der Waals surface area contributed by atoms with Gasteiger partial charge in [-0.25, -0.2) is 10.9 Å². The molecule has 26 heavy (non-hydrogen) atoms. The highest BCUT2D eigenvalue weighted by atomic mass is 35.5. The lowest BCUT2D eigenvalue weighted by molar-refractivity contribution is -0.126. The van der Waals surface area contributed by atoms with E-state index in [-0.39, 0.29) is 24.7 Å². The van der Waals surface area contributed by atoms with Crippen LogP contribution in [0.3, 0.4) is 0 Å². The van der Waals surface area contributed by atoms with E-state index in [1.54, 1.807) is 48.5 Å². The minimum Gasteiger partial charge on any atom is -0.273 e. The molecule has 0 radical (unpaired) electrons. The number of amides is 2. The number of hydrogen-bond acceptors (Lipinski definition) is 4. The summed E-state index contributed by atoms with van der Waals surface area (Å²) in [7, 11) is 0. The van der Waals surface area contributed by atoms with Gasteiger partial charge >= 0.3 is 0 Å². The van der Waals surface area contributed by atoms with E-state index in [9.17, 15) is 9.59 Å².